The van der Waals surface area contributed by atoms with Crippen LogP contribution in [0.15, 0.2) is 12.1 Å². The third kappa shape index (κ3) is 4.62. The molecule has 1 aromatic heterocycles. The largest absolute Gasteiger partial charge is 0.352 e. The van der Waals surface area contributed by atoms with Crippen LogP contribution in [0.3, 0.4) is 0 Å². The minimum atomic E-state index is 0.550. The number of nitrogens with one attached hydrogen (secondary N) is 1. The van der Waals surface area contributed by atoms with E-state index in [2.05, 4.69) is 68.7 Å². The van der Waals surface area contributed by atoms with Gasteiger partial charge in [0.05, 0.1) is 0 Å². The van der Waals surface area contributed by atoms with Gasteiger partial charge in [0.2, 0.25) is 0 Å². The molecule has 2 unspecified atom stereocenters. The molecule has 1 aromatic rings. The average molecular weight is 308 g/mol. The Labute approximate surface area is 133 Å². The van der Waals surface area contributed by atoms with E-state index in [4.69, 9.17) is 4.98 Å². The monoisotopic (exact) mass is 307 g/mol. The van der Waals surface area contributed by atoms with Gasteiger partial charge in [-0.1, -0.05) is 20.8 Å². The van der Waals surface area contributed by atoms with E-state index >= 15 is 0 Å². The topological polar surface area (TPSA) is 28.2 Å². The van der Waals surface area contributed by atoms with Crippen LogP contribution in [0.1, 0.15) is 39.0 Å². The van der Waals surface area contributed by atoms with Crippen LogP contribution in [0, 0.1) is 12.8 Å². The molecule has 1 aliphatic heterocycles. The number of rotatable bonds is 5. The Morgan fingerprint density at radius 2 is 2.14 bits per heavy atom. The van der Waals surface area contributed by atoms with E-state index in [1.165, 1.54) is 11.3 Å². The van der Waals surface area contributed by atoms with Gasteiger partial charge in [-0.15, -0.1) is 0 Å². The summed E-state index contributed by atoms with van der Waals surface area (Å²) >= 11 is 2.07. The second-order valence-corrected chi connectivity index (χ2v) is 7.99. The van der Waals surface area contributed by atoms with Crippen molar-refractivity contribution in [3.63, 3.8) is 0 Å². The summed E-state index contributed by atoms with van der Waals surface area (Å²) in [4.78, 5) is 7.25. The number of nitrogens with zero attached hydrogens (tertiary/aromatic N) is 2. The van der Waals surface area contributed by atoms with Gasteiger partial charge in [-0.05, 0) is 44.0 Å². The van der Waals surface area contributed by atoms with Crippen molar-refractivity contribution in [1.82, 2.24) is 10.3 Å². The third-order valence-electron chi connectivity index (χ3n) is 4.06. The van der Waals surface area contributed by atoms with E-state index in [0.717, 1.165) is 31.1 Å². The van der Waals surface area contributed by atoms with Crippen LogP contribution in [-0.2, 0) is 6.54 Å². The molecule has 2 heterocycles. The number of anilines is 1. The number of aromatic nitrogens is 1. The van der Waals surface area contributed by atoms with E-state index in [-0.39, 0.29) is 0 Å². The third-order valence-corrected chi connectivity index (χ3v) is 5.40. The molecule has 1 N–H and O–H groups in total. The molecule has 3 nitrogen and oxygen atoms in total. The van der Waals surface area contributed by atoms with E-state index in [1.807, 2.05) is 0 Å². The van der Waals surface area contributed by atoms with E-state index in [9.17, 15) is 0 Å². The fraction of sp³-hybridized carbons (Fsp3) is 0.706. The maximum Gasteiger partial charge on any atom is 0.129 e. The van der Waals surface area contributed by atoms with Gasteiger partial charge in [0, 0.05) is 35.8 Å². The van der Waals surface area contributed by atoms with Crippen LogP contribution in [-0.4, -0.2) is 35.1 Å². The summed E-state index contributed by atoms with van der Waals surface area (Å²) in [5.74, 6) is 3.03. The molecular formula is C17H29N3S. The molecule has 2 rings (SSSR count). The predicted molar refractivity (Wildman–Crippen MR) is 94.2 cm³/mol. The normalized spacial score (nSPS) is 22.9. The summed E-state index contributed by atoms with van der Waals surface area (Å²) < 4.78 is 0. The van der Waals surface area contributed by atoms with E-state index in [1.54, 1.807) is 0 Å². The second-order valence-electron chi connectivity index (χ2n) is 6.51. The van der Waals surface area contributed by atoms with Gasteiger partial charge >= 0.3 is 0 Å². The number of aryl methyl sites for hydroxylation is 1. The standard InChI is InChI=1S/C17H29N3S/c1-12(2)10-18-11-16-8-13(3)19-17(9-16)20-6-7-21-15(5)14(20)4/h8-9,12,14-15,18H,6-7,10-11H2,1-5H3. The average Bonchev–Trinajstić information content (AvgIpc) is 2.41. The molecule has 0 spiro atoms. The lowest BCUT2D eigenvalue weighted by Crippen LogP contribution is -2.45. The molecule has 2 atom stereocenters. The first kappa shape index (κ1) is 16.6. The first-order valence-electron chi connectivity index (χ1n) is 8.04. The highest BCUT2D eigenvalue weighted by molar-refractivity contribution is 8.00. The van der Waals surface area contributed by atoms with Crippen LogP contribution in [0.2, 0.25) is 0 Å². The van der Waals surface area contributed by atoms with Crippen molar-refractivity contribution in [3.05, 3.63) is 23.4 Å². The lowest BCUT2D eigenvalue weighted by Gasteiger charge is -2.38. The number of thioether (sulfide) groups is 1. The number of hydrogen-bond donors (Lipinski definition) is 1. The maximum atomic E-state index is 4.77. The van der Waals surface area contributed by atoms with Crippen molar-refractivity contribution >= 4 is 17.6 Å². The molecule has 1 saturated heterocycles. The summed E-state index contributed by atoms with van der Waals surface area (Å²) in [6, 6.07) is 5.01. The van der Waals surface area contributed by atoms with Crippen LogP contribution >= 0.6 is 11.8 Å². The molecular weight excluding hydrogens is 278 g/mol. The van der Waals surface area contributed by atoms with Crippen molar-refractivity contribution < 1.29 is 0 Å². The molecule has 4 heteroatoms. The summed E-state index contributed by atoms with van der Waals surface area (Å²) in [6.07, 6.45) is 0. The molecule has 0 bridgehead atoms. The zero-order valence-electron chi connectivity index (χ0n) is 14.0. The Morgan fingerprint density at radius 1 is 1.38 bits per heavy atom. The van der Waals surface area contributed by atoms with E-state index in [0.29, 0.717) is 17.2 Å². The smallest absolute Gasteiger partial charge is 0.129 e. The lowest BCUT2D eigenvalue weighted by atomic mass is 10.1. The van der Waals surface area contributed by atoms with Gasteiger partial charge in [-0.2, -0.15) is 11.8 Å². The van der Waals surface area contributed by atoms with Gasteiger partial charge < -0.3 is 10.2 Å². The minimum Gasteiger partial charge on any atom is -0.352 e. The molecule has 21 heavy (non-hydrogen) atoms. The molecule has 0 saturated carbocycles. The van der Waals surface area contributed by atoms with Gasteiger partial charge in [-0.3, -0.25) is 0 Å². The summed E-state index contributed by atoms with van der Waals surface area (Å²) in [6.45, 7) is 14.3. The Bertz CT molecular complexity index is 461. The van der Waals surface area contributed by atoms with Crippen LogP contribution < -0.4 is 10.2 Å². The molecule has 1 aliphatic rings. The fourth-order valence-corrected chi connectivity index (χ4v) is 3.83. The quantitative estimate of drug-likeness (QED) is 0.901. The summed E-state index contributed by atoms with van der Waals surface area (Å²) in [5, 5.41) is 4.20. The Balaban J connectivity index is 2.10. The minimum absolute atomic E-state index is 0.550. The van der Waals surface area contributed by atoms with E-state index < -0.39 is 0 Å². The van der Waals surface area contributed by atoms with Gasteiger partial charge in [0.15, 0.2) is 0 Å². The van der Waals surface area contributed by atoms with Gasteiger partial charge in [0.1, 0.15) is 5.82 Å². The molecule has 0 aromatic carbocycles. The van der Waals surface area contributed by atoms with Crippen molar-refractivity contribution in [2.45, 2.75) is 52.5 Å². The van der Waals surface area contributed by atoms with Crippen molar-refractivity contribution in [3.8, 4) is 0 Å². The summed E-state index contributed by atoms with van der Waals surface area (Å²) in [5.41, 5.74) is 2.46. The molecule has 1 fully saturated rings. The second kappa shape index (κ2) is 7.50. The lowest BCUT2D eigenvalue weighted by molar-refractivity contribution is 0.551. The van der Waals surface area contributed by atoms with Gasteiger partial charge in [-0.25, -0.2) is 4.98 Å². The number of pyridine rings is 1. The molecule has 118 valence electrons. The fourth-order valence-electron chi connectivity index (χ4n) is 2.73. The van der Waals surface area contributed by atoms with Crippen LogP contribution in [0.5, 0.6) is 0 Å². The maximum absolute atomic E-state index is 4.77. The van der Waals surface area contributed by atoms with Crippen molar-refractivity contribution in [2.24, 2.45) is 5.92 Å². The highest BCUT2D eigenvalue weighted by Gasteiger charge is 2.26. The Morgan fingerprint density at radius 3 is 2.86 bits per heavy atom. The zero-order chi connectivity index (χ0) is 15.4. The Kier molecular flexibility index (Phi) is 5.94. The van der Waals surface area contributed by atoms with Crippen LogP contribution in [0.25, 0.3) is 0 Å². The number of hydrogen-bond acceptors (Lipinski definition) is 4. The highest BCUT2D eigenvalue weighted by atomic mass is 32.2. The molecule has 0 aliphatic carbocycles. The molecule has 0 amide bonds. The zero-order valence-corrected chi connectivity index (χ0v) is 14.8. The summed E-state index contributed by atoms with van der Waals surface area (Å²) in [7, 11) is 0. The van der Waals surface area contributed by atoms with Gasteiger partial charge in [0.25, 0.3) is 0 Å². The molecule has 0 radical (unpaired) electrons. The van der Waals surface area contributed by atoms with Crippen LogP contribution in [0.4, 0.5) is 5.82 Å². The predicted octanol–water partition coefficient (Wildman–Crippen LogP) is 3.47. The Hall–Kier alpha value is -0.740. The van der Waals surface area contributed by atoms with Crippen molar-refractivity contribution in [1.29, 1.82) is 0 Å². The highest BCUT2D eigenvalue weighted by Crippen LogP contribution is 2.28. The first-order chi connectivity index (χ1) is 9.97. The van der Waals surface area contributed by atoms with Crippen molar-refractivity contribution in [2.75, 3.05) is 23.7 Å². The SMILES string of the molecule is Cc1cc(CNCC(C)C)cc(N2CCSC(C)C2C)n1. The first-order valence-corrected chi connectivity index (χ1v) is 9.08.